The van der Waals surface area contributed by atoms with Crippen LogP contribution in [0.1, 0.15) is 5.56 Å². The Hall–Kier alpha value is -4.35. The second kappa shape index (κ2) is 11.6. The zero-order valence-electron chi connectivity index (χ0n) is 21.2. The number of para-hydroxylation sites is 1. The van der Waals surface area contributed by atoms with Gasteiger partial charge in [-0.25, -0.2) is 4.98 Å². The summed E-state index contributed by atoms with van der Waals surface area (Å²) in [5, 5.41) is 0. The van der Waals surface area contributed by atoms with Crippen molar-refractivity contribution in [2.75, 3.05) is 27.3 Å². The highest BCUT2D eigenvalue weighted by atomic mass is 16.5. The maximum atomic E-state index is 6.28. The van der Waals surface area contributed by atoms with Gasteiger partial charge in [0.25, 0.3) is 0 Å². The minimum atomic E-state index is 0.571. The van der Waals surface area contributed by atoms with Crippen LogP contribution in [0, 0.1) is 0 Å². The van der Waals surface area contributed by atoms with Crippen molar-refractivity contribution in [2.45, 2.75) is 6.54 Å². The molecule has 0 bridgehead atoms. The molecule has 1 heterocycles. The van der Waals surface area contributed by atoms with Gasteiger partial charge in [0, 0.05) is 24.2 Å². The molecular formula is C32H31N3O2. The minimum absolute atomic E-state index is 0.571. The first kappa shape index (κ1) is 24.3. The van der Waals surface area contributed by atoms with E-state index in [1.54, 1.807) is 7.11 Å². The number of aromatic amines is 1. The molecule has 5 aromatic rings. The number of hydrogen-bond donors (Lipinski definition) is 1. The van der Waals surface area contributed by atoms with E-state index >= 15 is 0 Å². The Morgan fingerprint density at radius 2 is 1.41 bits per heavy atom. The molecule has 186 valence electrons. The van der Waals surface area contributed by atoms with Crippen LogP contribution in [0.4, 0.5) is 0 Å². The molecule has 0 amide bonds. The third kappa shape index (κ3) is 5.90. The predicted molar refractivity (Wildman–Crippen MR) is 150 cm³/mol. The van der Waals surface area contributed by atoms with Gasteiger partial charge in [-0.05, 0) is 36.9 Å². The van der Waals surface area contributed by atoms with Gasteiger partial charge in [-0.15, -0.1) is 0 Å². The molecule has 0 saturated carbocycles. The van der Waals surface area contributed by atoms with E-state index in [1.165, 1.54) is 5.56 Å². The molecule has 1 N–H and O–H groups in total. The molecule has 0 spiro atoms. The van der Waals surface area contributed by atoms with Crippen molar-refractivity contribution >= 4 is 0 Å². The monoisotopic (exact) mass is 489 g/mol. The summed E-state index contributed by atoms with van der Waals surface area (Å²) >= 11 is 0. The van der Waals surface area contributed by atoms with Gasteiger partial charge in [0.2, 0.25) is 0 Å². The van der Waals surface area contributed by atoms with E-state index in [0.29, 0.717) is 6.61 Å². The first-order valence-corrected chi connectivity index (χ1v) is 12.5. The molecule has 0 aliphatic heterocycles. The van der Waals surface area contributed by atoms with Crippen molar-refractivity contribution in [3.63, 3.8) is 0 Å². The summed E-state index contributed by atoms with van der Waals surface area (Å²) in [5.74, 6) is 2.48. The zero-order chi connectivity index (χ0) is 25.5. The van der Waals surface area contributed by atoms with Crippen molar-refractivity contribution in [3.05, 3.63) is 115 Å². The number of benzene rings is 4. The fourth-order valence-corrected chi connectivity index (χ4v) is 4.34. The molecule has 0 unspecified atom stereocenters. The molecule has 0 fully saturated rings. The average molecular weight is 490 g/mol. The smallest absolute Gasteiger partial charge is 0.142 e. The lowest BCUT2D eigenvalue weighted by atomic mass is 10.1. The topological polar surface area (TPSA) is 50.4 Å². The first-order valence-electron chi connectivity index (χ1n) is 12.5. The van der Waals surface area contributed by atoms with Gasteiger partial charge in [0.05, 0.1) is 24.1 Å². The summed E-state index contributed by atoms with van der Waals surface area (Å²) in [6.45, 7) is 2.21. The molecule has 0 radical (unpaired) electrons. The van der Waals surface area contributed by atoms with Crippen molar-refractivity contribution in [1.82, 2.24) is 14.9 Å². The molecule has 4 aromatic carbocycles. The third-order valence-electron chi connectivity index (χ3n) is 6.30. The van der Waals surface area contributed by atoms with E-state index in [-0.39, 0.29) is 0 Å². The van der Waals surface area contributed by atoms with Crippen LogP contribution in [0.3, 0.4) is 0 Å². The zero-order valence-corrected chi connectivity index (χ0v) is 21.2. The highest BCUT2D eigenvalue weighted by Crippen LogP contribution is 2.35. The number of nitrogens with zero attached hydrogens (tertiary/aromatic N) is 2. The normalized spacial score (nSPS) is 11.0. The molecule has 5 rings (SSSR count). The Morgan fingerprint density at radius 3 is 2.11 bits per heavy atom. The number of rotatable bonds is 10. The lowest BCUT2D eigenvalue weighted by Gasteiger charge is -2.18. The second-order valence-electron chi connectivity index (χ2n) is 8.97. The van der Waals surface area contributed by atoms with Gasteiger partial charge in [-0.1, -0.05) is 84.9 Å². The molecule has 0 atom stereocenters. The number of imidazole rings is 1. The van der Waals surface area contributed by atoms with Crippen LogP contribution in [-0.4, -0.2) is 42.2 Å². The van der Waals surface area contributed by atoms with Crippen molar-refractivity contribution in [1.29, 1.82) is 0 Å². The molecule has 0 saturated heterocycles. The van der Waals surface area contributed by atoms with Gasteiger partial charge in [-0.3, -0.25) is 4.90 Å². The van der Waals surface area contributed by atoms with E-state index in [0.717, 1.165) is 58.5 Å². The summed E-state index contributed by atoms with van der Waals surface area (Å²) in [5.41, 5.74) is 6.27. The first-order chi connectivity index (χ1) is 18.2. The maximum Gasteiger partial charge on any atom is 0.142 e. The van der Waals surface area contributed by atoms with Crippen molar-refractivity contribution in [3.8, 4) is 45.4 Å². The Balaban J connectivity index is 1.34. The number of hydrogen-bond acceptors (Lipinski definition) is 4. The summed E-state index contributed by atoms with van der Waals surface area (Å²) in [4.78, 5) is 10.9. The van der Waals surface area contributed by atoms with E-state index in [9.17, 15) is 0 Å². The highest BCUT2D eigenvalue weighted by Gasteiger charge is 2.17. The molecule has 5 heteroatoms. The number of aromatic nitrogens is 2. The van der Waals surface area contributed by atoms with E-state index in [4.69, 9.17) is 14.5 Å². The van der Waals surface area contributed by atoms with Gasteiger partial charge in [-0.2, -0.15) is 0 Å². The fraction of sp³-hybridized carbons (Fsp3) is 0.156. The second-order valence-corrected chi connectivity index (χ2v) is 8.97. The lowest BCUT2D eigenvalue weighted by molar-refractivity contribution is 0.233. The Bertz CT molecular complexity index is 1360. The standard InChI is InChI=1S/C32H31N3O2/c1-35(23-24-17-19-27(36-2)20-18-24)21-22-37-29-16-10-9-15-28(29)32-33-30(25-11-5-3-6-12-25)31(34-32)26-13-7-4-8-14-26/h3-20H,21-23H2,1-2H3,(H,33,34). The van der Waals surface area contributed by atoms with Crippen molar-refractivity contribution in [2.24, 2.45) is 0 Å². The number of ether oxygens (including phenoxy) is 2. The van der Waals surface area contributed by atoms with Crippen LogP contribution in [0.5, 0.6) is 11.5 Å². The molecule has 0 aliphatic rings. The quantitative estimate of drug-likeness (QED) is 0.231. The molecule has 0 aliphatic carbocycles. The SMILES string of the molecule is COc1ccc(CN(C)CCOc2ccccc2-c2nc(-c3ccccc3)c(-c3ccccc3)[nH]2)cc1. The number of nitrogens with one attached hydrogen (secondary N) is 1. The van der Waals surface area contributed by atoms with Crippen LogP contribution in [-0.2, 0) is 6.54 Å². The third-order valence-corrected chi connectivity index (χ3v) is 6.30. The van der Waals surface area contributed by atoms with Crippen LogP contribution >= 0.6 is 0 Å². The Morgan fingerprint density at radius 1 is 0.757 bits per heavy atom. The predicted octanol–water partition coefficient (Wildman–Crippen LogP) is 6.93. The minimum Gasteiger partial charge on any atom is -0.497 e. The van der Waals surface area contributed by atoms with Crippen LogP contribution in [0.25, 0.3) is 33.9 Å². The summed E-state index contributed by atoms with van der Waals surface area (Å²) in [6, 6.07) is 36.9. The molecule has 5 nitrogen and oxygen atoms in total. The Labute approximate surface area is 218 Å². The van der Waals surface area contributed by atoms with Crippen LogP contribution in [0.15, 0.2) is 109 Å². The lowest BCUT2D eigenvalue weighted by Crippen LogP contribution is -2.24. The largest absolute Gasteiger partial charge is 0.497 e. The number of likely N-dealkylation sites (N-methyl/N-ethyl adjacent to an activating group) is 1. The molecule has 1 aromatic heterocycles. The maximum absolute atomic E-state index is 6.28. The molecular weight excluding hydrogens is 458 g/mol. The van der Waals surface area contributed by atoms with Gasteiger partial charge in [0.15, 0.2) is 0 Å². The Kier molecular flexibility index (Phi) is 7.63. The van der Waals surface area contributed by atoms with Gasteiger partial charge in [0.1, 0.15) is 23.9 Å². The van der Waals surface area contributed by atoms with E-state index < -0.39 is 0 Å². The van der Waals surface area contributed by atoms with E-state index in [1.807, 2.05) is 66.7 Å². The number of methoxy groups -OCH3 is 1. The average Bonchev–Trinajstić information content (AvgIpc) is 3.40. The van der Waals surface area contributed by atoms with Gasteiger partial charge >= 0.3 is 0 Å². The summed E-state index contributed by atoms with van der Waals surface area (Å²) in [7, 11) is 3.79. The summed E-state index contributed by atoms with van der Waals surface area (Å²) < 4.78 is 11.5. The van der Waals surface area contributed by atoms with Crippen molar-refractivity contribution < 1.29 is 9.47 Å². The fourth-order valence-electron chi connectivity index (χ4n) is 4.34. The van der Waals surface area contributed by atoms with Crippen LogP contribution < -0.4 is 9.47 Å². The van der Waals surface area contributed by atoms with Crippen LogP contribution in [0.2, 0.25) is 0 Å². The summed E-state index contributed by atoms with van der Waals surface area (Å²) in [6.07, 6.45) is 0. The highest BCUT2D eigenvalue weighted by molar-refractivity contribution is 5.82. The van der Waals surface area contributed by atoms with E-state index in [2.05, 4.69) is 59.4 Å². The molecule has 37 heavy (non-hydrogen) atoms. The van der Waals surface area contributed by atoms with Gasteiger partial charge < -0.3 is 14.5 Å². The number of H-pyrrole nitrogens is 1.